The molecule has 1 fully saturated rings. The number of imidazole rings is 1. The van der Waals surface area contributed by atoms with Crippen LogP contribution >= 0.6 is 0 Å². The second-order valence-electron chi connectivity index (χ2n) is 4.92. The lowest BCUT2D eigenvalue weighted by Gasteiger charge is -2.01. The molecule has 0 aliphatic heterocycles. The van der Waals surface area contributed by atoms with Gasteiger partial charge in [-0.1, -0.05) is 6.07 Å². The van der Waals surface area contributed by atoms with Gasteiger partial charge in [-0.25, -0.2) is 13.8 Å². The van der Waals surface area contributed by atoms with Gasteiger partial charge in [-0.15, -0.1) is 0 Å². The van der Waals surface area contributed by atoms with Crippen molar-refractivity contribution < 1.29 is 8.78 Å². The summed E-state index contributed by atoms with van der Waals surface area (Å²) < 4.78 is 26.3. The van der Waals surface area contributed by atoms with Crippen LogP contribution in [0.25, 0.3) is 0 Å². The molecule has 0 radical (unpaired) electrons. The van der Waals surface area contributed by atoms with Gasteiger partial charge in [0, 0.05) is 37.0 Å². The van der Waals surface area contributed by atoms with E-state index < -0.39 is 11.6 Å². The number of hydrogen-bond donors (Lipinski definition) is 2. The van der Waals surface area contributed by atoms with E-state index in [9.17, 15) is 8.78 Å². The van der Waals surface area contributed by atoms with Gasteiger partial charge in [-0.05, 0) is 24.5 Å². The number of benzene rings is 1. The highest BCUT2D eigenvalue weighted by Crippen LogP contribution is 2.19. The third-order valence-electron chi connectivity index (χ3n) is 3.21. The largest absolute Gasteiger partial charge is 0.345 e. The Morgan fingerprint density at radius 2 is 2.16 bits per heavy atom. The molecule has 19 heavy (non-hydrogen) atoms. The van der Waals surface area contributed by atoms with Gasteiger partial charge >= 0.3 is 0 Å². The van der Waals surface area contributed by atoms with Crippen LogP contribution in [0, 0.1) is 11.6 Å². The number of H-pyrrole nitrogens is 1. The quantitative estimate of drug-likeness (QED) is 0.870. The second kappa shape index (κ2) is 5.09. The summed E-state index contributed by atoms with van der Waals surface area (Å²) in [5.41, 5.74) is 1.43. The first-order valence-electron chi connectivity index (χ1n) is 6.41. The lowest BCUT2D eigenvalue weighted by atomic mass is 10.1. The fourth-order valence-corrected chi connectivity index (χ4v) is 1.97. The van der Waals surface area contributed by atoms with Crippen LogP contribution in [-0.4, -0.2) is 16.0 Å². The topological polar surface area (TPSA) is 40.7 Å². The molecular weight excluding hydrogens is 248 g/mol. The molecule has 0 atom stereocenters. The molecule has 1 aromatic heterocycles. The van der Waals surface area contributed by atoms with Crippen LogP contribution in [0.15, 0.2) is 24.4 Å². The van der Waals surface area contributed by atoms with Crippen LogP contribution in [0.4, 0.5) is 8.78 Å². The molecular formula is C14H15F2N3. The molecule has 2 N–H and O–H groups in total. The van der Waals surface area contributed by atoms with Gasteiger partial charge in [0.1, 0.15) is 17.5 Å². The van der Waals surface area contributed by atoms with Gasteiger partial charge in [-0.3, -0.25) is 0 Å². The van der Waals surface area contributed by atoms with Crippen molar-refractivity contribution >= 4 is 0 Å². The number of aromatic nitrogens is 2. The van der Waals surface area contributed by atoms with Crippen LogP contribution < -0.4 is 5.32 Å². The number of nitrogens with zero attached hydrogens (tertiary/aromatic N) is 1. The Bertz CT molecular complexity index is 576. The zero-order valence-electron chi connectivity index (χ0n) is 10.4. The smallest absolute Gasteiger partial charge is 0.129 e. The normalized spacial score (nSPS) is 14.8. The van der Waals surface area contributed by atoms with E-state index in [1.807, 2.05) is 0 Å². The van der Waals surface area contributed by atoms with Gasteiger partial charge in [0.05, 0.1) is 0 Å². The fourth-order valence-electron chi connectivity index (χ4n) is 1.97. The molecule has 0 spiro atoms. The van der Waals surface area contributed by atoms with E-state index in [1.54, 1.807) is 6.20 Å². The summed E-state index contributed by atoms with van der Waals surface area (Å²) >= 11 is 0. The molecule has 1 saturated carbocycles. The Morgan fingerprint density at radius 1 is 1.32 bits per heavy atom. The van der Waals surface area contributed by atoms with E-state index in [2.05, 4.69) is 15.3 Å². The van der Waals surface area contributed by atoms with Gasteiger partial charge in [0.25, 0.3) is 0 Å². The zero-order valence-corrected chi connectivity index (χ0v) is 10.4. The average molecular weight is 263 g/mol. The lowest BCUT2D eigenvalue weighted by molar-refractivity contribution is 0.573. The first-order chi connectivity index (χ1) is 9.20. The molecule has 3 nitrogen and oxygen atoms in total. The summed E-state index contributed by atoms with van der Waals surface area (Å²) in [6.07, 6.45) is 4.57. The molecule has 0 unspecified atom stereocenters. The van der Waals surface area contributed by atoms with Crippen molar-refractivity contribution in [1.29, 1.82) is 0 Å². The van der Waals surface area contributed by atoms with Crippen molar-refractivity contribution in [1.82, 2.24) is 15.3 Å². The third-order valence-corrected chi connectivity index (χ3v) is 3.21. The third kappa shape index (κ3) is 3.17. The van der Waals surface area contributed by atoms with Gasteiger partial charge in [-0.2, -0.15) is 0 Å². The Morgan fingerprint density at radius 3 is 2.89 bits per heavy atom. The number of aromatic amines is 1. The molecule has 5 heteroatoms. The first kappa shape index (κ1) is 12.3. The SMILES string of the molecule is Fc1ccc(Cc2ncc(CNC3CC3)[nH]2)c(F)c1. The molecule has 1 aliphatic carbocycles. The van der Waals surface area contributed by atoms with E-state index in [0.29, 0.717) is 23.9 Å². The fraction of sp³-hybridized carbons (Fsp3) is 0.357. The summed E-state index contributed by atoms with van der Waals surface area (Å²) in [6, 6.07) is 4.25. The van der Waals surface area contributed by atoms with E-state index in [4.69, 9.17) is 0 Å². The van der Waals surface area contributed by atoms with Crippen molar-refractivity contribution in [3.05, 3.63) is 53.1 Å². The predicted molar refractivity (Wildman–Crippen MR) is 67.6 cm³/mol. The Hall–Kier alpha value is -1.75. The highest BCUT2D eigenvalue weighted by atomic mass is 19.1. The standard InChI is InChI=1S/C14H15F2N3/c15-10-2-1-9(13(16)6-10)5-14-18-8-12(19-14)7-17-11-3-4-11/h1-2,6,8,11,17H,3-5,7H2,(H,18,19). The molecule has 0 bridgehead atoms. The monoisotopic (exact) mass is 263 g/mol. The zero-order chi connectivity index (χ0) is 13.2. The molecule has 0 amide bonds. The van der Waals surface area contributed by atoms with Crippen molar-refractivity contribution in [2.45, 2.75) is 31.8 Å². The molecule has 1 heterocycles. The minimum Gasteiger partial charge on any atom is -0.345 e. The Kier molecular flexibility index (Phi) is 3.29. The maximum absolute atomic E-state index is 13.5. The van der Waals surface area contributed by atoms with Crippen molar-refractivity contribution in [2.75, 3.05) is 0 Å². The molecule has 1 aliphatic rings. The number of nitrogens with one attached hydrogen (secondary N) is 2. The first-order valence-corrected chi connectivity index (χ1v) is 6.41. The minimum atomic E-state index is -0.560. The molecule has 2 aromatic rings. The Labute approximate surface area is 110 Å². The summed E-state index contributed by atoms with van der Waals surface area (Å²) in [6.45, 7) is 0.754. The summed E-state index contributed by atoms with van der Waals surface area (Å²) in [5.74, 6) is -0.401. The number of halogens is 2. The number of hydrogen-bond acceptors (Lipinski definition) is 2. The second-order valence-corrected chi connectivity index (χ2v) is 4.92. The molecule has 100 valence electrons. The van der Waals surface area contributed by atoms with E-state index in [-0.39, 0.29) is 0 Å². The molecule has 3 rings (SSSR count). The van der Waals surface area contributed by atoms with Gasteiger partial charge in [0.15, 0.2) is 0 Å². The Balaban J connectivity index is 1.65. The summed E-state index contributed by atoms with van der Waals surface area (Å²) in [5, 5.41) is 3.37. The highest BCUT2D eigenvalue weighted by Gasteiger charge is 2.20. The van der Waals surface area contributed by atoms with Crippen molar-refractivity contribution in [2.24, 2.45) is 0 Å². The number of rotatable bonds is 5. The van der Waals surface area contributed by atoms with Crippen molar-refractivity contribution in [3.63, 3.8) is 0 Å². The van der Waals surface area contributed by atoms with Crippen LogP contribution in [0.3, 0.4) is 0 Å². The highest BCUT2D eigenvalue weighted by molar-refractivity contribution is 5.22. The summed E-state index contributed by atoms with van der Waals surface area (Å²) in [4.78, 5) is 7.37. The average Bonchev–Trinajstić information content (AvgIpc) is 3.10. The van der Waals surface area contributed by atoms with E-state index >= 15 is 0 Å². The lowest BCUT2D eigenvalue weighted by Crippen LogP contribution is -2.15. The maximum atomic E-state index is 13.5. The molecule has 0 saturated heterocycles. The van der Waals surface area contributed by atoms with Crippen LogP contribution in [0.5, 0.6) is 0 Å². The predicted octanol–water partition coefficient (Wildman–Crippen LogP) is 2.53. The van der Waals surface area contributed by atoms with Crippen LogP contribution in [0.2, 0.25) is 0 Å². The van der Waals surface area contributed by atoms with Crippen LogP contribution in [-0.2, 0) is 13.0 Å². The van der Waals surface area contributed by atoms with E-state index in [0.717, 1.165) is 18.3 Å². The van der Waals surface area contributed by atoms with Gasteiger partial charge in [0.2, 0.25) is 0 Å². The summed E-state index contributed by atoms with van der Waals surface area (Å²) in [7, 11) is 0. The molecule has 1 aromatic carbocycles. The minimum absolute atomic E-state index is 0.343. The maximum Gasteiger partial charge on any atom is 0.129 e. The van der Waals surface area contributed by atoms with Gasteiger partial charge < -0.3 is 10.3 Å². The van der Waals surface area contributed by atoms with E-state index in [1.165, 1.54) is 25.0 Å². The van der Waals surface area contributed by atoms with Crippen molar-refractivity contribution in [3.8, 4) is 0 Å². The van der Waals surface area contributed by atoms with Crippen LogP contribution in [0.1, 0.15) is 29.9 Å².